The summed E-state index contributed by atoms with van der Waals surface area (Å²) >= 11 is 0. The molecule has 4 rings (SSSR count). The molecule has 1 heterocycles. The molecule has 0 saturated carbocycles. The Morgan fingerprint density at radius 1 is 0.750 bits per heavy atom. The summed E-state index contributed by atoms with van der Waals surface area (Å²) < 4.78 is 6.24. The maximum atomic E-state index is 11.2. The van der Waals surface area contributed by atoms with Crippen molar-refractivity contribution in [2.24, 2.45) is 0 Å². The summed E-state index contributed by atoms with van der Waals surface area (Å²) in [7, 11) is 0. The predicted molar refractivity (Wildman–Crippen MR) is 175 cm³/mol. The van der Waals surface area contributed by atoms with E-state index in [1.165, 1.54) is 17.7 Å². The molecular weight excluding hydrogens is 554 g/mol. The van der Waals surface area contributed by atoms with Crippen LogP contribution in [0.5, 0.6) is 5.75 Å². The molecule has 44 heavy (non-hydrogen) atoms. The summed E-state index contributed by atoms with van der Waals surface area (Å²) in [5, 5.41) is 18.2. The lowest BCUT2D eigenvalue weighted by molar-refractivity contribution is -0.137. The number of aliphatic carboxylic acids is 1. The van der Waals surface area contributed by atoms with Gasteiger partial charge in [-0.05, 0) is 93.1 Å². The van der Waals surface area contributed by atoms with Crippen molar-refractivity contribution in [3.8, 4) is 5.75 Å². The summed E-state index contributed by atoms with van der Waals surface area (Å²) in [6.07, 6.45) is 5.76. The van der Waals surface area contributed by atoms with E-state index in [9.17, 15) is 14.7 Å². The number of ether oxygens (including phenoxy) is 1. The molecule has 0 aliphatic carbocycles. The first-order valence-corrected chi connectivity index (χ1v) is 16.0. The van der Waals surface area contributed by atoms with Gasteiger partial charge in [0.25, 0.3) is 0 Å². The van der Waals surface area contributed by atoms with Crippen molar-refractivity contribution in [3.63, 3.8) is 0 Å². The van der Waals surface area contributed by atoms with Crippen molar-refractivity contribution >= 4 is 17.6 Å². The standard InChI is InChI=1S/C36H47N3O5/c40-35(41)15-7-9-22-38(29-30-16-18-32(19-17-30)36(42)43)23-20-31-11-5-6-14-34(31)44-28-10-2-8-21-37-24-26-39(27-25-37)33-12-3-1-4-13-33/h1,3-6,11-14,16-19H,2,7-10,15,20-29H2,(H,40,41)(H,42,43). The highest BCUT2D eigenvalue weighted by Gasteiger charge is 2.16. The first kappa shape index (κ1) is 33.0. The Hall–Kier alpha value is -3.88. The molecular formula is C36H47N3O5. The minimum Gasteiger partial charge on any atom is -0.493 e. The van der Waals surface area contributed by atoms with E-state index in [2.05, 4.69) is 51.1 Å². The Kier molecular flexibility index (Phi) is 13.5. The van der Waals surface area contributed by atoms with Crippen LogP contribution in [0.3, 0.4) is 0 Å². The lowest BCUT2D eigenvalue weighted by Crippen LogP contribution is -2.46. The largest absolute Gasteiger partial charge is 0.493 e. The highest BCUT2D eigenvalue weighted by atomic mass is 16.5. The molecule has 0 atom stereocenters. The van der Waals surface area contributed by atoms with Crippen LogP contribution in [-0.2, 0) is 17.8 Å². The van der Waals surface area contributed by atoms with Gasteiger partial charge in [-0.15, -0.1) is 0 Å². The van der Waals surface area contributed by atoms with Crippen LogP contribution in [-0.4, -0.2) is 84.4 Å². The van der Waals surface area contributed by atoms with Crippen molar-refractivity contribution in [2.45, 2.75) is 51.5 Å². The zero-order chi connectivity index (χ0) is 31.0. The average Bonchev–Trinajstić information content (AvgIpc) is 3.04. The molecule has 1 fully saturated rings. The predicted octanol–water partition coefficient (Wildman–Crippen LogP) is 6.06. The normalized spacial score (nSPS) is 13.7. The number of para-hydroxylation sites is 2. The fourth-order valence-corrected chi connectivity index (χ4v) is 5.69. The van der Waals surface area contributed by atoms with Gasteiger partial charge in [-0.2, -0.15) is 0 Å². The number of rotatable bonds is 19. The molecule has 8 nitrogen and oxygen atoms in total. The van der Waals surface area contributed by atoms with Crippen LogP contribution in [0.15, 0.2) is 78.9 Å². The molecule has 0 aromatic heterocycles. The van der Waals surface area contributed by atoms with E-state index in [1.807, 2.05) is 30.3 Å². The van der Waals surface area contributed by atoms with Gasteiger partial charge in [-0.1, -0.05) is 48.5 Å². The van der Waals surface area contributed by atoms with Gasteiger partial charge in [0.05, 0.1) is 12.2 Å². The van der Waals surface area contributed by atoms with E-state index in [1.54, 1.807) is 12.1 Å². The molecule has 3 aromatic rings. The average molecular weight is 602 g/mol. The third-order valence-corrected chi connectivity index (χ3v) is 8.26. The van der Waals surface area contributed by atoms with Gasteiger partial charge in [0.1, 0.15) is 5.75 Å². The minimum atomic E-state index is -0.934. The topological polar surface area (TPSA) is 93.5 Å². The number of carboxylic acids is 2. The Labute approximate surface area is 261 Å². The van der Waals surface area contributed by atoms with E-state index in [0.717, 1.165) is 82.8 Å². The van der Waals surface area contributed by atoms with Crippen LogP contribution in [0.1, 0.15) is 60.0 Å². The lowest BCUT2D eigenvalue weighted by atomic mass is 10.1. The van der Waals surface area contributed by atoms with Crippen molar-refractivity contribution in [3.05, 3.63) is 95.6 Å². The number of hydrogen-bond acceptors (Lipinski definition) is 6. The lowest BCUT2D eigenvalue weighted by Gasteiger charge is -2.36. The van der Waals surface area contributed by atoms with Crippen LogP contribution in [0, 0.1) is 0 Å². The van der Waals surface area contributed by atoms with E-state index < -0.39 is 11.9 Å². The van der Waals surface area contributed by atoms with Crippen LogP contribution >= 0.6 is 0 Å². The number of aromatic carboxylic acids is 1. The van der Waals surface area contributed by atoms with Gasteiger partial charge in [-0.25, -0.2) is 4.79 Å². The molecule has 0 bridgehead atoms. The molecule has 3 aromatic carbocycles. The molecule has 2 N–H and O–H groups in total. The van der Waals surface area contributed by atoms with Crippen molar-refractivity contribution in [1.29, 1.82) is 0 Å². The smallest absolute Gasteiger partial charge is 0.335 e. The summed E-state index contributed by atoms with van der Waals surface area (Å²) in [6, 6.07) is 25.9. The number of benzene rings is 3. The quantitative estimate of drug-likeness (QED) is 0.160. The number of carboxylic acid groups (broad SMARTS) is 2. The van der Waals surface area contributed by atoms with Crippen LogP contribution in [0.4, 0.5) is 5.69 Å². The first-order chi connectivity index (χ1) is 21.5. The molecule has 0 amide bonds. The third kappa shape index (κ3) is 11.3. The van der Waals surface area contributed by atoms with Gasteiger partial charge < -0.3 is 19.8 Å². The maximum Gasteiger partial charge on any atom is 0.335 e. The number of carbonyl (C=O) groups is 2. The number of piperazine rings is 1. The van der Waals surface area contributed by atoms with Crippen LogP contribution < -0.4 is 9.64 Å². The van der Waals surface area contributed by atoms with E-state index in [0.29, 0.717) is 19.6 Å². The number of anilines is 1. The minimum absolute atomic E-state index is 0.169. The monoisotopic (exact) mass is 601 g/mol. The van der Waals surface area contributed by atoms with Gasteiger partial charge in [0.2, 0.25) is 0 Å². The third-order valence-electron chi connectivity index (χ3n) is 8.26. The maximum absolute atomic E-state index is 11.2. The molecule has 0 unspecified atom stereocenters. The number of nitrogens with zero attached hydrogens (tertiary/aromatic N) is 3. The summed E-state index contributed by atoms with van der Waals surface area (Å²) in [4.78, 5) is 29.5. The van der Waals surface area contributed by atoms with Crippen molar-refractivity contribution in [1.82, 2.24) is 9.80 Å². The van der Waals surface area contributed by atoms with E-state index >= 15 is 0 Å². The Bertz CT molecular complexity index is 1280. The van der Waals surface area contributed by atoms with Crippen LogP contribution in [0.2, 0.25) is 0 Å². The second-order valence-corrected chi connectivity index (χ2v) is 11.6. The second-order valence-electron chi connectivity index (χ2n) is 11.6. The second kappa shape index (κ2) is 18.0. The molecule has 0 radical (unpaired) electrons. The zero-order valence-electron chi connectivity index (χ0n) is 25.8. The highest BCUT2D eigenvalue weighted by molar-refractivity contribution is 5.87. The number of unbranched alkanes of at least 4 members (excludes halogenated alkanes) is 3. The van der Waals surface area contributed by atoms with Gasteiger partial charge in [0.15, 0.2) is 0 Å². The molecule has 1 saturated heterocycles. The Balaban J connectivity index is 1.18. The number of hydrogen-bond donors (Lipinski definition) is 2. The Morgan fingerprint density at radius 2 is 1.48 bits per heavy atom. The highest BCUT2D eigenvalue weighted by Crippen LogP contribution is 2.21. The van der Waals surface area contributed by atoms with Gasteiger partial charge in [-0.3, -0.25) is 14.6 Å². The fourth-order valence-electron chi connectivity index (χ4n) is 5.69. The Morgan fingerprint density at radius 3 is 2.20 bits per heavy atom. The fraction of sp³-hybridized carbons (Fsp3) is 0.444. The van der Waals surface area contributed by atoms with Crippen molar-refractivity contribution in [2.75, 3.05) is 57.3 Å². The molecule has 8 heteroatoms. The first-order valence-electron chi connectivity index (χ1n) is 16.0. The SMILES string of the molecule is O=C(O)CCCCN(CCc1ccccc1OCCCCCN1CCN(c2ccccc2)CC1)Cc1ccc(C(=O)O)cc1. The zero-order valence-corrected chi connectivity index (χ0v) is 25.8. The summed E-state index contributed by atoms with van der Waals surface area (Å²) in [5.74, 6) is -0.772. The van der Waals surface area contributed by atoms with Crippen molar-refractivity contribution < 1.29 is 24.5 Å². The molecule has 0 spiro atoms. The van der Waals surface area contributed by atoms with E-state index in [-0.39, 0.29) is 12.0 Å². The summed E-state index contributed by atoms with van der Waals surface area (Å²) in [6.45, 7) is 8.49. The van der Waals surface area contributed by atoms with Gasteiger partial charge >= 0.3 is 11.9 Å². The van der Waals surface area contributed by atoms with E-state index in [4.69, 9.17) is 9.84 Å². The molecule has 1 aliphatic rings. The molecule has 236 valence electrons. The molecule has 1 aliphatic heterocycles. The van der Waals surface area contributed by atoms with Crippen LogP contribution in [0.25, 0.3) is 0 Å². The van der Waals surface area contributed by atoms with Gasteiger partial charge in [0, 0.05) is 51.4 Å². The summed E-state index contributed by atoms with van der Waals surface area (Å²) in [5.41, 5.74) is 3.80.